The van der Waals surface area contributed by atoms with Crippen molar-refractivity contribution < 1.29 is 14.7 Å². The summed E-state index contributed by atoms with van der Waals surface area (Å²) in [5, 5.41) is 18.0. The normalized spacial score (nSPS) is 22.4. The molecule has 0 saturated heterocycles. The van der Waals surface area contributed by atoms with Crippen molar-refractivity contribution in [2.24, 2.45) is 16.9 Å². The standard InChI is InChI=1S/C24H33N5O3/c1-24(2)12-20-22(21(31)13-24)18(9-10-25)28-29(20)15-5-8-17(23(26)32)19(11-15)27-14-3-6-16(30)7-4-14/h5,8,11,14,16,27,30H,3-4,6-7,9-10,12-13,25H2,1-2H3,(H2,26,32). The highest BCUT2D eigenvalue weighted by molar-refractivity contribution is 6.00. The summed E-state index contributed by atoms with van der Waals surface area (Å²) in [6.45, 7) is 4.60. The first-order valence-corrected chi connectivity index (χ1v) is 11.4. The van der Waals surface area contributed by atoms with E-state index in [4.69, 9.17) is 16.6 Å². The van der Waals surface area contributed by atoms with Gasteiger partial charge in [-0.15, -0.1) is 0 Å². The van der Waals surface area contributed by atoms with Gasteiger partial charge in [0, 0.05) is 24.6 Å². The molecule has 1 heterocycles. The number of benzene rings is 1. The third-order valence-electron chi connectivity index (χ3n) is 6.57. The number of hydrogen-bond donors (Lipinski definition) is 4. The number of Topliss-reactive ketones (excluding diaryl/α,β-unsaturated/α-hetero) is 1. The molecule has 0 radical (unpaired) electrons. The molecular formula is C24H33N5O3. The number of rotatable bonds is 6. The second-order valence-corrected chi connectivity index (χ2v) is 9.90. The zero-order valence-electron chi connectivity index (χ0n) is 18.9. The molecule has 172 valence electrons. The van der Waals surface area contributed by atoms with Crippen LogP contribution in [-0.2, 0) is 12.8 Å². The average Bonchev–Trinajstić information content (AvgIpc) is 3.07. The van der Waals surface area contributed by atoms with Gasteiger partial charge in [0.25, 0.3) is 5.91 Å². The molecule has 1 fully saturated rings. The molecule has 0 aliphatic heterocycles. The number of aliphatic hydroxyl groups excluding tert-OH is 1. The Bertz CT molecular complexity index is 1030. The molecule has 2 aliphatic rings. The zero-order valence-corrected chi connectivity index (χ0v) is 18.9. The van der Waals surface area contributed by atoms with E-state index >= 15 is 0 Å². The fourth-order valence-electron chi connectivity index (χ4n) is 4.99. The Hall–Kier alpha value is -2.71. The minimum absolute atomic E-state index is 0.110. The van der Waals surface area contributed by atoms with Crippen molar-refractivity contribution in [2.75, 3.05) is 11.9 Å². The number of nitrogens with zero attached hydrogens (tertiary/aromatic N) is 2. The number of ketones is 1. The van der Waals surface area contributed by atoms with Crippen LogP contribution in [0.1, 0.15) is 78.1 Å². The lowest BCUT2D eigenvalue weighted by atomic mass is 9.75. The number of aromatic nitrogens is 2. The van der Waals surface area contributed by atoms with E-state index in [0.717, 1.165) is 49.2 Å². The lowest BCUT2D eigenvalue weighted by Gasteiger charge is -2.29. The Labute approximate surface area is 188 Å². The molecular weight excluding hydrogens is 406 g/mol. The summed E-state index contributed by atoms with van der Waals surface area (Å²) in [6.07, 6.45) is 4.61. The van der Waals surface area contributed by atoms with Crippen LogP contribution >= 0.6 is 0 Å². The minimum atomic E-state index is -0.502. The Morgan fingerprint density at radius 1 is 1.25 bits per heavy atom. The van der Waals surface area contributed by atoms with Gasteiger partial charge in [0.05, 0.1) is 34.3 Å². The van der Waals surface area contributed by atoms with Gasteiger partial charge in [-0.2, -0.15) is 5.10 Å². The first kappa shape index (κ1) is 22.5. The van der Waals surface area contributed by atoms with Gasteiger partial charge >= 0.3 is 0 Å². The smallest absolute Gasteiger partial charge is 0.250 e. The Morgan fingerprint density at radius 3 is 2.62 bits per heavy atom. The number of anilines is 1. The number of carbonyl (C=O) groups excluding carboxylic acids is 2. The van der Waals surface area contributed by atoms with Gasteiger partial charge in [0.1, 0.15) is 0 Å². The predicted molar refractivity (Wildman–Crippen MR) is 123 cm³/mol. The topological polar surface area (TPSA) is 136 Å². The van der Waals surface area contributed by atoms with E-state index in [-0.39, 0.29) is 23.3 Å². The molecule has 32 heavy (non-hydrogen) atoms. The highest BCUT2D eigenvalue weighted by Crippen LogP contribution is 2.38. The lowest BCUT2D eigenvalue weighted by molar-refractivity contribution is 0.0909. The number of amides is 1. The number of carbonyl (C=O) groups is 2. The Morgan fingerprint density at radius 2 is 1.97 bits per heavy atom. The molecule has 1 amide bonds. The van der Waals surface area contributed by atoms with Crippen molar-refractivity contribution in [3.8, 4) is 5.69 Å². The van der Waals surface area contributed by atoms with Crippen molar-refractivity contribution in [2.45, 2.75) is 70.9 Å². The number of primary amides is 1. The van der Waals surface area contributed by atoms with E-state index in [9.17, 15) is 14.7 Å². The first-order chi connectivity index (χ1) is 15.2. The van der Waals surface area contributed by atoms with Crippen LogP contribution in [0.15, 0.2) is 18.2 Å². The minimum Gasteiger partial charge on any atom is -0.393 e. The number of fused-ring (bicyclic) bond motifs is 1. The molecule has 2 aromatic rings. The van der Waals surface area contributed by atoms with Crippen LogP contribution in [0.3, 0.4) is 0 Å². The van der Waals surface area contributed by atoms with Gasteiger partial charge in [0.15, 0.2) is 5.78 Å². The van der Waals surface area contributed by atoms with E-state index in [0.29, 0.717) is 36.2 Å². The van der Waals surface area contributed by atoms with Gasteiger partial charge in [-0.05, 0) is 62.3 Å². The van der Waals surface area contributed by atoms with Gasteiger partial charge < -0.3 is 21.9 Å². The monoisotopic (exact) mass is 439 g/mol. The van der Waals surface area contributed by atoms with Crippen LogP contribution in [-0.4, -0.2) is 45.3 Å². The predicted octanol–water partition coefficient (Wildman–Crippen LogP) is 2.34. The van der Waals surface area contributed by atoms with Crippen LogP contribution in [0.2, 0.25) is 0 Å². The Kier molecular flexibility index (Phi) is 6.09. The van der Waals surface area contributed by atoms with Gasteiger partial charge in [0.2, 0.25) is 0 Å². The first-order valence-electron chi connectivity index (χ1n) is 11.4. The van der Waals surface area contributed by atoms with Crippen LogP contribution < -0.4 is 16.8 Å². The number of hydrogen-bond acceptors (Lipinski definition) is 6. The zero-order chi connectivity index (χ0) is 23.0. The second-order valence-electron chi connectivity index (χ2n) is 9.90. The highest BCUT2D eigenvalue weighted by atomic mass is 16.3. The third kappa shape index (κ3) is 4.42. The summed E-state index contributed by atoms with van der Waals surface area (Å²) in [6, 6.07) is 5.58. The molecule has 1 aromatic carbocycles. The Balaban J connectivity index is 1.76. The van der Waals surface area contributed by atoms with E-state index in [1.165, 1.54) is 0 Å². The quantitative estimate of drug-likeness (QED) is 0.545. The largest absolute Gasteiger partial charge is 0.393 e. The van der Waals surface area contributed by atoms with Crippen molar-refractivity contribution >= 4 is 17.4 Å². The van der Waals surface area contributed by atoms with Gasteiger partial charge in [-0.25, -0.2) is 4.68 Å². The average molecular weight is 440 g/mol. The molecule has 1 saturated carbocycles. The summed E-state index contributed by atoms with van der Waals surface area (Å²) in [5.74, 6) is -0.392. The maximum atomic E-state index is 13.0. The van der Waals surface area contributed by atoms with Crippen LogP contribution in [0.5, 0.6) is 0 Å². The van der Waals surface area contributed by atoms with Gasteiger partial charge in [-0.3, -0.25) is 9.59 Å². The van der Waals surface area contributed by atoms with Gasteiger partial charge in [-0.1, -0.05) is 13.8 Å². The second kappa shape index (κ2) is 8.67. The number of nitrogens with two attached hydrogens (primary N) is 2. The molecule has 1 aromatic heterocycles. The summed E-state index contributed by atoms with van der Waals surface area (Å²) in [4.78, 5) is 25.0. The molecule has 8 heteroatoms. The van der Waals surface area contributed by atoms with Crippen LogP contribution in [0.4, 0.5) is 5.69 Å². The molecule has 4 rings (SSSR count). The van der Waals surface area contributed by atoms with E-state index < -0.39 is 5.91 Å². The van der Waals surface area contributed by atoms with Crippen LogP contribution in [0.25, 0.3) is 5.69 Å². The molecule has 0 unspecified atom stereocenters. The fraction of sp³-hybridized carbons (Fsp3) is 0.542. The molecule has 6 N–H and O–H groups in total. The summed E-state index contributed by atoms with van der Waals surface area (Å²) in [5.41, 5.74) is 15.5. The number of nitrogens with one attached hydrogen (secondary N) is 1. The SMILES string of the molecule is CC1(C)CC(=O)c2c(CCN)nn(-c3ccc(C(N)=O)c(NC4CCC(O)CC4)c3)c2C1. The summed E-state index contributed by atoms with van der Waals surface area (Å²) in [7, 11) is 0. The van der Waals surface area contributed by atoms with Crippen molar-refractivity contribution in [3.05, 3.63) is 40.7 Å². The van der Waals surface area contributed by atoms with E-state index in [1.54, 1.807) is 6.07 Å². The molecule has 0 bridgehead atoms. The molecule has 0 atom stereocenters. The van der Waals surface area contributed by atoms with E-state index in [1.807, 2.05) is 16.8 Å². The van der Waals surface area contributed by atoms with E-state index in [2.05, 4.69) is 19.2 Å². The van der Waals surface area contributed by atoms with Crippen LogP contribution in [0, 0.1) is 5.41 Å². The molecule has 8 nitrogen and oxygen atoms in total. The maximum Gasteiger partial charge on any atom is 0.250 e. The lowest BCUT2D eigenvalue weighted by Crippen LogP contribution is -2.29. The number of aliphatic hydroxyl groups is 1. The highest BCUT2D eigenvalue weighted by Gasteiger charge is 2.36. The summed E-state index contributed by atoms with van der Waals surface area (Å²) < 4.78 is 1.83. The van der Waals surface area contributed by atoms with Crippen molar-refractivity contribution in [1.82, 2.24) is 9.78 Å². The fourth-order valence-corrected chi connectivity index (χ4v) is 4.99. The van der Waals surface area contributed by atoms with Crippen molar-refractivity contribution in [3.63, 3.8) is 0 Å². The van der Waals surface area contributed by atoms with Crippen molar-refractivity contribution in [1.29, 1.82) is 0 Å². The molecule has 2 aliphatic carbocycles. The maximum absolute atomic E-state index is 13.0. The third-order valence-corrected chi connectivity index (χ3v) is 6.57. The summed E-state index contributed by atoms with van der Waals surface area (Å²) >= 11 is 0. The molecule has 0 spiro atoms.